The standard InChI is InChI=1S/C16H24N2O4/c1-16(2,3)22-15(20)18-13-7-6-11(9-14(13)19)21-12-5-4-8-17-10-12/h6-7,9,12,17,19H,4-5,8,10H2,1-3H3,(H,18,20). The SMILES string of the molecule is CC(C)(C)OC(=O)Nc1ccc(OC2CCCNC2)cc1O. The van der Waals surface area contributed by atoms with Crippen molar-refractivity contribution in [3.05, 3.63) is 18.2 Å². The van der Waals surface area contributed by atoms with Crippen LogP contribution in [0.1, 0.15) is 33.6 Å². The van der Waals surface area contributed by atoms with Gasteiger partial charge in [-0.1, -0.05) is 0 Å². The zero-order chi connectivity index (χ0) is 16.2. The molecule has 0 radical (unpaired) electrons. The van der Waals surface area contributed by atoms with Crippen molar-refractivity contribution in [1.29, 1.82) is 0 Å². The molecule has 1 saturated heterocycles. The third-order valence-electron chi connectivity index (χ3n) is 3.16. The number of nitrogens with one attached hydrogen (secondary N) is 2. The third kappa shape index (κ3) is 5.11. The Bertz CT molecular complexity index is 519. The van der Waals surface area contributed by atoms with Crippen molar-refractivity contribution in [3.63, 3.8) is 0 Å². The number of hydrogen-bond acceptors (Lipinski definition) is 5. The second-order valence-electron chi connectivity index (χ2n) is 6.39. The molecule has 1 aliphatic heterocycles. The number of amides is 1. The number of piperidine rings is 1. The number of phenols is 1. The number of aromatic hydroxyl groups is 1. The lowest BCUT2D eigenvalue weighted by Crippen LogP contribution is -2.37. The zero-order valence-corrected chi connectivity index (χ0v) is 13.3. The molecule has 1 atom stereocenters. The Morgan fingerprint density at radius 2 is 2.18 bits per heavy atom. The summed E-state index contributed by atoms with van der Waals surface area (Å²) in [6.07, 6.45) is 1.58. The van der Waals surface area contributed by atoms with Crippen LogP contribution < -0.4 is 15.4 Å². The number of rotatable bonds is 3. The van der Waals surface area contributed by atoms with Crippen LogP contribution in [0.3, 0.4) is 0 Å². The molecule has 0 spiro atoms. The van der Waals surface area contributed by atoms with Crippen LogP contribution in [0.15, 0.2) is 18.2 Å². The van der Waals surface area contributed by atoms with E-state index in [0.717, 1.165) is 25.9 Å². The van der Waals surface area contributed by atoms with Gasteiger partial charge in [0.2, 0.25) is 0 Å². The van der Waals surface area contributed by atoms with E-state index < -0.39 is 11.7 Å². The lowest BCUT2D eigenvalue weighted by molar-refractivity contribution is 0.0635. The molecule has 1 aliphatic rings. The molecule has 0 aromatic heterocycles. The van der Waals surface area contributed by atoms with E-state index in [1.165, 1.54) is 6.07 Å². The van der Waals surface area contributed by atoms with Crippen LogP contribution in [-0.2, 0) is 4.74 Å². The Labute approximate surface area is 130 Å². The highest BCUT2D eigenvalue weighted by molar-refractivity contribution is 5.87. The van der Waals surface area contributed by atoms with Crippen molar-refractivity contribution in [2.24, 2.45) is 0 Å². The summed E-state index contributed by atoms with van der Waals surface area (Å²) in [5.41, 5.74) is -0.292. The molecule has 0 bridgehead atoms. The van der Waals surface area contributed by atoms with Gasteiger partial charge in [0.1, 0.15) is 23.2 Å². The van der Waals surface area contributed by atoms with E-state index in [-0.39, 0.29) is 11.9 Å². The van der Waals surface area contributed by atoms with Crippen LogP contribution in [0.25, 0.3) is 0 Å². The first-order chi connectivity index (χ1) is 10.3. The first-order valence-corrected chi connectivity index (χ1v) is 7.54. The van der Waals surface area contributed by atoms with Crippen molar-refractivity contribution in [2.75, 3.05) is 18.4 Å². The minimum atomic E-state index is -0.604. The molecular formula is C16H24N2O4. The fraction of sp³-hybridized carbons (Fsp3) is 0.562. The van der Waals surface area contributed by atoms with Gasteiger partial charge in [0.05, 0.1) is 5.69 Å². The maximum atomic E-state index is 11.7. The summed E-state index contributed by atoms with van der Waals surface area (Å²) >= 11 is 0. The van der Waals surface area contributed by atoms with Gasteiger partial charge < -0.3 is 19.9 Å². The summed E-state index contributed by atoms with van der Waals surface area (Å²) in [6.45, 7) is 7.16. The van der Waals surface area contributed by atoms with Crippen molar-refractivity contribution >= 4 is 11.8 Å². The molecule has 122 valence electrons. The number of benzene rings is 1. The van der Waals surface area contributed by atoms with Gasteiger partial charge in [0, 0.05) is 12.6 Å². The first-order valence-electron chi connectivity index (χ1n) is 7.54. The van der Waals surface area contributed by atoms with E-state index in [0.29, 0.717) is 11.4 Å². The Morgan fingerprint density at radius 3 is 2.77 bits per heavy atom. The minimum Gasteiger partial charge on any atom is -0.506 e. The van der Waals surface area contributed by atoms with E-state index in [1.807, 2.05) is 0 Å². The maximum Gasteiger partial charge on any atom is 0.412 e. The summed E-state index contributed by atoms with van der Waals surface area (Å²) < 4.78 is 11.0. The van der Waals surface area contributed by atoms with Crippen LogP contribution >= 0.6 is 0 Å². The van der Waals surface area contributed by atoms with E-state index in [9.17, 15) is 9.90 Å². The number of hydrogen-bond donors (Lipinski definition) is 3. The van der Waals surface area contributed by atoms with Gasteiger partial charge in [-0.2, -0.15) is 0 Å². The topological polar surface area (TPSA) is 79.8 Å². The summed E-state index contributed by atoms with van der Waals surface area (Å²) in [5, 5.41) is 15.8. The summed E-state index contributed by atoms with van der Waals surface area (Å²) in [5.74, 6) is 0.535. The average Bonchev–Trinajstić information content (AvgIpc) is 2.41. The summed E-state index contributed by atoms with van der Waals surface area (Å²) in [6, 6.07) is 4.83. The van der Waals surface area contributed by atoms with Gasteiger partial charge in [-0.3, -0.25) is 5.32 Å². The summed E-state index contributed by atoms with van der Waals surface area (Å²) in [4.78, 5) is 11.7. The lowest BCUT2D eigenvalue weighted by Gasteiger charge is -2.24. The van der Waals surface area contributed by atoms with Crippen molar-refractivity contribution in [1.82, 2.24) is 5.32 Å². The third-order valence-corrected chi connectivity index (χ3v) is 3.16. The quantitative estimate of drug-likeness (QED) is 0.748. The maximum absolute atomic E-state index is 11.7. The molecule has 0 aliphatic carbocycles. The second-order valence-corrected chi connectivity index (χ2v) is 6.39. The van der Waals surface area contributed by atoms with Crippen LogP contribution in [0.4, 0.5) is 10.5 Å². The number of carbonyl (C=O) groups excluding carboxylic acids is 1. The van der Waals surface area contributed by atoms with Gasteiger partial charge in [0.15, 0.2) is 0 Å². The fourth-order valence-electron chi connectivity index (χ4n) is 2.22. The molecule has 22 heavy (non-hydrogen) atoms. The molecule has 6 heteroatoms. The molecule has 0 saturated carbocycles. The van der Waals surface area contributed by atoms with Crippen molar-refractivity contribution < 1.29 is 19.4 Å². The van der Waals surface area contributed by atoms with E-state index in [4.69, 9.17) is 9.47 Å². The molecule has 1 fully saturated rings. The van der Waals surface area contributed by atoms with Crippen molar-refractivity contribution in [3.8, 4) is 11.5 Å². The molecule has 1 aromatic rings. The number of ether oxygens (including phenoxy) is 2. The van der Waals surface area contributed by atoms with Gasteiger partial charge in [-0.25, -0.2) is 4.79 Å². The molecule has 2 rings (SSSR count). The van der Waals surface area contributed by atoms with Crippen molar-refractivity contribution in [2.45, 2.75) is 45.3 Å². The first kappa shape index (κ1) is 16.4. The van der Waals surface area contributed by atoms with E-state index in [1.54, 1.807) is 32.9 Å². The average molecular weight is 308 g/mol. The predicted molar refractivity (Wildman–Crippen MR) is 84.5 cm³/mol. The Morgan fingerprint density at radius 1 is 1.41 bits per heavy atom. The van der Waals surface area contributed by atoms with Crippen LogP contribution in [0, 0.1) is 0 Å². The Hall–Kier alpha value is -1.95. The lowest BCUT2D eigenvalue weighted by atomic mass is 10.1. The number of phenolic OH excluding ortho intramolecular Hbond substituents is 1. The van der Waals surface area contributed by atoms with Gasteiger partial charge in [0.25, 0.3) is 0 Å². The predicted octanol–water partition coefficient (Wildman–Crippen LogP) is 2.87. The van der Waals surface area contributed by atoms with Crippen LogP contribution in [0.5, 0.6) is 11.5 Å². The molecule has 1 aromatic carbocycles. The second kappa shape index (κ2) is 6.87. The number of anilines is 1. The molecular weight excluding hydrogens is 284 g/mol. The largest absolute Gasteiger partial charge is 0.506 e. The monoisotopic (exact) mass is 308 g/mol. The van der Waals surface area contributed by atoms with Crippen LogP contribution in [-0.4, -0.2) is 36.0 Å². The molecule has 1 unspecified atom stereocenters. The molecule has 1 heterocycles. The summed E-state index contributed by atoms with van der Waals surface area (Å²) in [7, 11) is 0. The fourth-order valence-corrected chi connectivity index (χ4v) is 2.22. The van der Waals surface area contributed by atoms with Crippen LogP contribution in [0.2, 0.25) is 0 Å². The normalized spacial score (nSPS) is 18.6. The Balaban J connectivity index is 1.95. The number of carbonyl (C=O) groups is 1. The highest BCUT2D eigenvalue weighted by atomic mass is 16.6. The van der Waals surface area contributed by atoms with E-state index in [2.05, 4.69) is 10.6 Å². The van der Waals surface area contributed by atoms with Gasteiger partial charge in [-0.05, 0) is 52.3 Å². The molecule has 6 nitrogen and oxygen atoms in total. The van der Waals surface area contributed by atoms with E-state index >= 15 is 0 Å². The minimum absolute atomic E-state index is 0.0490. The van der Waals surface area contributed by atoms with Gasteiger partial charge in [-0.15, -0.1) is 0 Å². The Kier molecular flexibility index (Phi) is 5.13. The van der Waals surface area contributed by atoms with Gasteiger partial charge >= 0.3 is 6.09 Å². The smallest absolute Gasteiger partial charge is 0.412 e. The molecule has 1 amide bonds. The molecule has 3 N–H and O–H groups in total. The highest BCUT2D eigenvalue weighted by Crippen LogP contribution is 2.29. The highest BCUT2D eigenvalue weighted by Gasteiger charge is 2.18. The zero-order valence-electron chi connectivity index (χ0n) is 13.3.